The minimum Gasteiger partial charge on any atom is -0.467 e. The lowest BCUT2D eigenvalue weighted by Gasteiger charge is -2.31. The van der Waals surface area contributed by atoms with Gasteiger partial charge in [-0.2, -0.15) is 0 Å². The van der Waals surface area contributed by atoms with Gasteiger partial charge in [0.2, 0.25) is 0 Å². The molecular formula is C12H24N2O4. The predicted octanol–water partition coefficient (Wildman–Crippen LogP) is -1.04. The molecule has 3 N–H and O–H groups in total. The van der Waals surface area contributed by atoms with E-state index < -0.39 is 11.6 Å². The lowest BCUT2D eigenvalue weighted by molar-refractivity contribution is -0.162. The maximum Gasteiger partial charge on any atom is 0.338 e. The van der Waals surface area contributed by atoms with Gasteiger partial charge in [0.05, 0.1) is 13.7 Å². The smallest absolute Gasteiger partial charge is 0.338 e. The summed E-state index contributed by atoms with van der Waals surface area (Å²) >= 11 is 0. The Balaban J connectivity index is 2.52. The Morgan fingerprint density at radius 3 is 2.83 bits per heavy atom. The van der Waals surface area contributed by atoms with Crippen molar-refractivity contribution in [2.75, 3.05) is 39.9 Å². The summed E-state index contributed by atoms with van der Waals surface area (Å²) in [5.74, 6) is -0.648. The minimum atomic E-state index is -1.54. The Hall–Kier alpha value is -0.690. The molecule has 0 aromatic rings. The summed E-state index contributed by atoms with van der Waals surface area (Å²) < 4.78 is 4.57. The number of nitrogens with one attached hydrogen (secondary N) is 1. The van der Waals surface area contributed by atoms with E-state index in [4.69, 9.17) is 5.11 Å². The van der Waals surface area contributed by atoms with Crippen LogP contribution in [0.4, 0.5) is 0 Å². The Kier molecular flexibility index (Phi) is 6.01. The lowest BCUT2D eigenvalue weighted by Crippen LogP contribution is -2.50. The quantitative estimate of drug-likeness (QED) is 0.507. The molecule has 1 rings (SSSR count). The molecule has 0 saturated carbocycles. The molecule has 1 heterocycles. The van der Waals surface area contributed by atoms with Crippen LogP contribution in [-0.4, -0.2) is 72.6 Å². The number of nitrogens with zero attached hydrogens (tertiary/aromatic N) is 1. The van der Waals surface area contributed by atoms with Gasteiger partial charge in [0.25, 0.3) is 0 Å². The molecule has 106 valence electrons. The molecule has 18 heavy (non-hydrogen) atoms. The molecule has 0 aliphatic carbocycles. The van der Waals surface area contributed by atoms with Crippen molar-refractivity contribution in [3.8, 4) is 0 Å². The number of carbonyl (C=O) groups excluding carboxylic acids is 1. The monoisotopic (exact) mass is 260 g/mol. The molecule has 0 aromatic heterocycles. The van der Waals surface area contributed by atoms with Crippen LogP contribution in [0.2, 0.25) is 0 Å². The maximum atomic E-state index is 11.4. The molecule has 6 nitrogen and oxygen atoms in total. The third-order valence-electron chi connectivity index (χ3n) is 3.21. The zero-order valence-corrected chi connectivity index (χ0v) is 11.2. The highest BCUT2D eigenvalue weighted by atomic mass is 16.5. The number of rotatable bonds is 7. The summed E-state index contributed by atoms with van der Waals surface area (Å²) in [7, 11) is 1.26. The second-order valence-corrected chi connectivity index (χ2v) is 5.02. The fraction of sp³-hybridized carbons (Fsp3) is 0.917. The fourth-order valence-corrected chi connectivity index (χ4v) is 2.32. The molecule has 1 saturated heterocycles. The van der Waals surface area contributed by atoms with Gasteiger partial charge in [-0.1, -0.05) is 0 Å². The topological polar surface area (TPSA) is 82.0 Å². The predicted molar refractivity (Wildman–Crippen MR) is 67.2 cm³/mol. The molecule has 1 aliphatic rings. The molecule has 0 amide bonds. The summed E-state index contributed by atoms with van der Waals surface area (Å²) in [6.07, 6.45) is 2.23. The number of aliphatic hydroxyl groups is 2. The Bertz CT molecular complexity index is 265. The van der Waals surface area contributed by atoms with Crippen LogP contribution in [0.3, 0.4) is 0 Å². The molecule has 2 unspecified atom stereocenters. The highest BCUT2D eigenvalue weighted by molar-refractivity contribution is 5.78. The Morgan fingerprint density at radius 2 is 2.33 bits per heavy atom. The molecule has 2 atom stereocenters. The Morgan fingerprint density at radius 1 is 1.61 bits per heavy atom. The molecule has 6 heteroatoms. The van der Waals surface area contributed by atoms with Crippen molar-refractivity contribution in [1.29, 1.82) is 0 Å². The van der Waals surface area contributed by atoms with Crippen LogP contribution in [-0.2, 0) is 9.53 Å². The third kappa shape index (κ3) is 4.53. The lowest BCUT2D eigenvalue weighted by atomic mass is 10.1. The van der Waals surface area contributed by atoms with E-state index in [0.29, 0.717) is 19.1 Å². The molecule has 1 fully saturated rings. The first-order valence-corrected chi connectivity index (χ1v) is 6.37. The molecule has 0 spiro atoms. The van der Waals surface area contributed by atoms with Gasteiger partial charge in [-0.25, -0.2) is 4.79 Å². The summed E-state index contributed by atoms with van der Waals surface area (Å²) in [4.78, 5) is 13.3. The number of aliphatic hydroxyl groups excluding tert-OH is 1. The first-order valence-electron chi connectivity index (χ1n) is 6.37. The number of carbonyl (C=O) groups is 1. The average molecular weight is 260 g/mol. The van der Waals surface area contributed by atoms with Gasteiger partial charge in [-0.15, -0.1) is 0 Å². The van der Waals surface area contributed by atoms with Crippen molar-refractivity contribution in [2.45, 2.75) is 31.4 Å². The normalized spacial score (nSPS) is 23.1. The van der Waals surface area contributed by atoms with Crippen molar-refractivity contribution < 1.29 is 19.7 Å². The van der Waals surface area contributed by atoms with Crippen LogP contribution in [0.15, 0.2) is 0 Å². The molecule has 0 radical (unpaired) electrons. The molecular weight excluding hydrogens is 236 g/mol. The van der Waals surface area contributed by atoms with Gasteiger partial charge in [0, 0.05) is 25.7 Å². The van der Waals surface area contributed by atoms with Crippen LogP contribution in [0, 0.1) is 0 Å². The van der Waals surface area contributed by atoms with E-state index in [-0.39, 0.29) is 13.2 Å². The molecule has 0 bridgehead atoms. The largest absolute Gasteiger partial charge is 0.467 e. The van der Waals surface area contributed by atoms with Crippen molar-refractivity contribution in [1.82, 2.24) is 10.2 Å². The van der Waals surface area contributed by atoms with Gasteiger partial charge in [-0.05, 0) is 26.3 Å². The van der Waals surface area contributed by atoms with Crippen LogP contribution >= 0.6 is 0 Å². The average Bonchev–Trinajstić information content (AvgIpc) is 2.80. The van der Waals surface area contributed by atoms with Gasteiger partial charge in [0.1, 0.15) is 0 Å². The van der Waals surface area contributed by atoms with E-state index in [9.17, 15) is 9.90 Å². The number of ether oxygens (including phenoxy) is 1. The summed E-state index contributed by atoms with van der Waals surface area (Å²) in [6.45, 7) is 3.76. The zero-order valence-electron chi connectivity index (χ0n) is 11.2. The van der Waals surface area contributed by atoms with Gasteiger partial charge >= 0.3 is 5.97 Å². The number of hydrogen-bond donors (Lipinski definition) is 3. The van der Waals surface area contributed by atoms with E-state index >= 15 is 0 Å². The van der Waals surface area contributed by atoms with E-state index in [1.165, 1.54) is 14.0 Å². The second-order valence-electron chi connectivity index (χ2n) is 5.02. The first kappa shape index (κ1) is 15.4. The van der Waals surface area contributed by atoms with E-state index in [1.807, 2.05) is 4.90 Å². The molecule has 1 aliphatic heterocycles. The highest BCUT2D eigenvalue weighted by Crippen LogP contribution is 2.12. The van der Waals surface area contributed by atoms with E-state index in [1.54, 1.807) is 0 Å². The molecule has 0 aromatic carbocycles. The number of hydrogen-bond acceptors (Lipinski definition) is 6. The standard InChI is InChI=1S/C12H24N2O4/c1-12(17,11(16)18-2)9-14(6-7-15)8-10-4-3-5-13-10/h10,13,15,17H,3-9H2,1-2H3. The Labute approximate surface area is 108 Å². The van der Waals surface area contributed by atoms with Crippen molar-refractivity contribution >= 4 is 5.97 Å². The number of esters is 1. The zero-order chi connectivity index (χ0) is 13.6. The number of methoxy groups -OCH3 is 1. The van der Waals surface area contributed by atoms with Gasteiger partial charge in [-0.3, -0.25) is 4.90 Å². The van der Waals surface area contributed by atoms with Gasteiger partial charge < -0.3 is 20.3 Å². The van der Waals surface area contributed by atoms with Gasteiger partial charge in [0.15, 0.2) is 5.60 Å². The fourth-order valence-electron chi connectivity index (χ4n) is 2.32. The maximum absolute atomic E-state index is 11.4. The van der Waals surface area contributed by atoms with Crippen molar-refractivity contribution in [3.63, 3.8) is 0 Å². The van der Waals surface area contributed by atoms with Crippen LogP contribution in [0.25, 0.3) is 0 Å². The van der Waals surface area contributed by atoms with E-state index in [2.05, 4.69) is 10.1 Å². The highest BCUT2D eigenvalue weighted by Gasteiger charge is 2.34. The summed E-state index contributed by atoms with van der Waals surface area (Å²) in [5, 5.41) is 22.4. The van der Waals surface area contributed by atoms with Crippen molar-refractivity contribution in [3.05, 3.63) is 0 Å². The SMILES string of the molecule is COC(=O)C(C)(O)CN(CCO)CC1CCCN1. The first-order chi connectivity index (χ1) is 8.49. The van der Waals surface area contributed by atoms with Crippen LogP contribution in [0.1, 0.15) is 19.8 Å². The summed E-state index contributed by atoms with van der Waals surface area (Å²) in [5.41, 5.74) is -1.54. The summed E-state index contributed by atoms with van der Waals surface area (Å²) in [6, 6.07) is 0.366. The third-order valence-corrected chi connectivity index (χ3v) is 3.21. The minimum absolute atomic E-state index is 0.00394. The van der Waals surface area contributed by atoms with Crippen molar-refractivity contribution in [2.24, 2.45) is 0 Å². The van der Waals surface area contributed by atoms with Crippen LogP contribution < -0.4 is 5.32 Å². The van der Waals surface area contributed by atoms with Crippen LogP contribution in [0.5, 0.6) is 0 Å². The second kappa shape index (κ2) is 7.04. The van der Waals surface area contributed by atoms with E-state index in [0.717, 1.165) is 19.4 Å².